The number of nitrogens with zero attached hydrogens (tertiary/aromatic N) is 1. The van der Waals surface area contributed by atoms with E-state index in [0.717, 1.165) is 6.42 Å². The number of halogens is 1. The molecule has 0 aliphatic heterocycles. The summed E-state index contributed by atoms with van der Waals surface area (Å²) >= 11 is 0. The molecule has 0 radical (unpaired) electrons. The number of ether oxygens (including phenoxy) is 2. The van der Waals surface area contributed by atoms with E-state index in [-0.39, 0.29) is 18.3 Å². The summed E-state index contributed by atoms with van der Waals surface area (Å²) in [5.41, 5.74) is 5.55. The minimum Gasteiger partial charge on any atom is -0.385 e. The van der Waals surface area contributed by atoms with Gasteiger partial charge in [0.2, 0.25) is 5.91 Å². The third-order valence-electron chi connectivity index (χ3n) is 2.04. The second-order valence-corrected chi connectivity index (χ2v) is 3.45. The van der Waals surface area contributed by atoms with Crippen molar-refractivity contribution in [3.63, 3.8) is 0 Å². The minimum atomic E-state index is -0.454. The summed E-state index contributed by atoms with van der Waals surface area (Å²) in [6.07, 6.45) is 0.818. The van der Waals surface area contributed by atoms with E-state index in [2.05, 4.69) is 0 Å². The Hall–Kier alpha value is -0.360. The second-order valence-electron chi connectivity index (χ2n) is 3.45. The zero-order valence-corrected chi connectivity index (χ0v) is 11.1. The fraction of sp³-hybridized carbons (Fsp3) is 0.900. The maximum absolute atomic E-state index is 11.6. The van der Waals surface area contributed by atoms with Gasteiger partial charge < -0.3 is 20.1 Å². The van der Waals surface area contributed by atoms with Crippen LogP contribution < -0.4 is 5.73 Å². The fourth-order valence-corrected chi connectivity index (χ4v) is 1.22. The van der Waals surface area contributed by atoms with Crippen molar-refractivity contribution in [2.24, 2.45) is 5.73 Å². The highest BCUT2D eigenvalue weighted by Gasteiger charge is 2.16. The molecule has 1 unspecified atom stereocenters. The molecule has 0 aliphatic rings. The number of amides is 1. The van der Waals surface area contributed by atoms with Crippen molar-refractivity contribution in [3.8, 4) is 0 Å². The molecule has 0 aromatic heterocycles. The average Bonchev–Trinajstić information content (AvgIpc) is 2.22. The molecule has 0 bridgehead atoms. The summed E-state index contributed by atoms with van der Waals surface area (Å²) in [5, 5.41) is 0. The Morgan fingerprint density at radius 2 is 1.81 bits per heavy atom. The topological polar surface area (TPSA) is 64.8 Å². The van der Waals surface area contributed by atoms with Crippen molar-refractivity contribution in [2.45, 2.75) is 19.4 Å². The number of carbonyl (C=O) groups is 1. The Bertz CT molecular complexity index is 179. The van der Waals surface area contributed by atoms with E-state index in [4.69, 9.17) is 15.2 Å². The maximum Gasteiger partial charge on any atom is 0.239 e. The van der Waals surface area contributed by atoms with Gasteiger partial charge in [0.15, 0.2) is 0 Å². The molecule has 0 fully saturated rings. The molecule has 0 aliphatic carbocycles. The highest BCUT2D eigenvalue weighted by molar-refractivity contribution is 5.85. The minimum absolute atomic E-state index is 0. The van der Waals surface area contributed by atoms with Crippen molar-refractivity contribution < 1.29 is 14.3 Å². The van der Waals surface area contributed by atoms with E-state index in [9.17, 15) is 4.79 Å². The van der Waals surface area contributed by atoms with Gasteiger partial charge in [-0.3, -0.25) is 4.79 Å². The molecule has 5 nitrogen and oxygen atoms in total. The largest absolute Gasteiger partial charge is 0.385 e. The SMILES string of the molecule is COCCCN(CCOC)C(=O)C(C)N.Cl. The van der Waals surface area contributed by atoms with Crippen LogP contribution in [0.1, 0.15) is 13.3 Å². The Morgan fingerprint density at radius 1 is 1.25 bits per heavy atom. The molecule has 1 amide bonds. The van der Waals surface area contributed by atoms with Crippen LogP contribution in [0.4, 0.5) is 0 Å². The lowest BCUT2D eigenvalue weighted by atomic mass is 10.3. The van der Waals surface area contributed by atoms with Gasteiger partial charge >= 0.3 is 0 Å². The van der Waals surface area contributed by atoms with Crippen LogP contribution in [0.25, 0.3) is 0 Å². The highest BCUT2D eigenvalue weighted by atomic mass is 35.5. The number of hydrogen-bond acceptors (Lipinski definition) is 4. The smallest absolute Gasteiger partial charge is 0.239 e. The summed E-state index contributed by atoms with van der Waals surface area (Å²) in [6, 6.07) is -0.454. The fourth-order valence-electron chi connectivity index (χ4n) is 1.22. The van der Waals surface area contributed by atoms with Crippen LogP contribution in [0.2, 0.25) is 0 Å². The molecule has 0 saturated carbocycles. The van der Waals surface area contributed by atoms with E-state index in [0.29, 0.717) is 26.3 Å². The Morgan fingerprint density at radius 3 is 2.25 bits per heavy atom. The Kier molecular flexibility index (Phi) is 12.5. The predicted molar refractivity (Wildman–Crippen MR) is 65.8 cm³/mol. The lowest BCUT2D eigenvalue weighted by molar-refractivity contribution is -0.133. The number of nitrogens with two attached hydrogens (primary N) is 1. The van der Waals surface area contributed by atoms with Crippen molar-refractivity contribution in [1.82, 2.24) is 4.90 Å². The van der Waals surface area contributed by atoms with Gasteiger partial charge in [0, 0.05) is 33.9 Å². The number of hydrogen-bond donors (Lipinski definition) is 1. The van der Waals surface area contributed by atoms with Crippen molar-refractivity contribution in [1.29, 1.82) is 0 Å². The van der Waals surface area contributed by atoms with Gasteiger partial charge in [-0.05, 0) is 13.3 Å². The second kappa shape index (κ2) is 11.1. The van der Waals surface area contributed by atoms with E-state index >= 15 is 0 Å². The van der Waals surface area contributed by atoms with Crippen LogP contribution in [-0.2, 0) is 14.3 Å². The molecular formula is C10H23ClN2O3. The molecule has 1 atom stereocenters. The first-order valence-corrected chi connectivity index (χ1v) is 5.15. The van der Waals surface area contributed by atoms with E-state index < -0.39 is 6.04 Å². The first-order chi connectivity index (χ1) is 7.13. The van der Waals surface area contributed by atoms with Crippen LogP contribution in [0.5, 0.6) is 0 Å². The molecule has 98 valence electrons. The lowest BCUT2D eigenvalue weighted by Gasteiger charge is -2.23. The molecule has 0 aromatic carbocycles. The molecule has 6 heteroatoms. The zero-order valence-electron chi connectivity index (χ0n) is 10.3. The number of carbonyl (C=O) groups excluding carboxylic acids is 1. The predicted octanol–water partition coefficient (Wildman–Crippen LogP) is 0.267. The first kappa shape index (κ1) is 18.0. The molecule has 0 saturated heterocycles. The maximum atomic E-state index is 11.6. The number of rotatable bonds is 8. The highest BCUT2D eigenvalue weighted by Crippen LogP contribution is 1.96. The third-order valence-corrected chi connectivity index (χ3v) is 2.04. The van der Waals surface area contributed by atoms with E-state index in [1.165, 1.54) is 0 Å². The molecule has 0 heterocycles. The van der Waals surface area contributed by atoms with Gasteiger partial charge in [-0.1, -0.05) is 0 Å². The molecule has 0 rings (SSSR count). The van der Waals surface area contributed by atoms with Crippen LogP contribution >= 0.6 is 12.4 Å². The first-order valence-electron chi connectivity index (χ1n) is 5.15. The van der Waals surface area contributed by atoms with Crippen LogP contribution in [0.3, 0.4) is 0 Å². The normalized spacial score (nSPS) is 11.8. The van der Waals surface area contributed by atoms with Crippen LogP contribution in [0, 0.1) is 0 Å². The third kappa shape index (κ3) is 7.87. The monoisotopic (exact) mass is 254 g/mol. The van der Waals surface area contributed by atoms with Gasteiger partial charge in [0.25, 0.3) is 0 Å². The van der Waals surface area contributed by atoms with E-state index in [1.807, 2.05) is 0 Å². The average molecular weight is 255 g/mol. The van der Waals surface area contributed by atoms with Gasteiger partial charge in [-0.25, -0.2) is 0 Å². The number of methoxy groups -OCH3 is 2. The quantitative estimate of drug-likeness (QED) is 0.632. The van der Waals surface area contributed by atoms with E-state index in [1.54, 1.807) is 26.0 Å². The standard InChI is InChI=1S/C10H22N2O3.ClH/c1-9(11)10(13)12(6-8-15-3)5-4-7-14-2;/h9H,4-8,11H2,1-3H3;1H. The summed E-state index contributed by atoms with van der Waals surface area (Å²) < 4.78 is 9.88. The molecule has 16 heavy (non-hydrogen) atoms. The zero-order chi connectivity index (χ0) is 11.7. The molecule has 2 N–H and O–H groups in total. The van der Waals surface area contributed by atoms with Crippen molar-refractivity contribution >= 4 is 18.3 Å². The molecular weight excluding hydrogens is 232 g/mol. The summed E-state index contributed by atoms with van der Waals surface area (Å²) in [6.45, 7) is 4.12. The van der Waals surface area contributed by atoms with Gasteiger partial charge in [0.05, 0.1) is 12.6 Å². The van der Waals surface area contributed by atoms with Crippen molar-refractivity contribution in [2.75, 3.05) is 40.5 Å². The summed E-state index contributed by atoms with van der Waals surface area (Å²) in [4.78, 5) is 13.4. The van der Waals surface area contributed by atoms with Crippen LogP contribution in [-0.4, -0.2) is 57.4 Å². The molecule has 0 aromatic rings. The van der Waals surface area contributed by atoms with Crippen molar-refractivity contribution in [3.05, 3.63) is 0 Å². The summed E-state index contributed by atoms with van der Waals surface area (Å²) in [5.74, 6) is -0.0387. The lowest BCUT2D eigenvalue weighted by Crippen LogP contribution is -2.44. The Labute approximate surface area is 104 Å². The van der Waals surface area contributed by atoms with Gasteiger partial charge in [-0.2, -0.15) is 0 Å². The van der Waals surface area contributed by atoms with Gasteiger partial charge in [0.1, 0.15) is 0 Å². The summed E-state index contributed by atoms with van der Waals surface area (Å²) in [7, 11) is 3.26. The van der Waals surface area contributed by atoms with Crippen LogP contribution in [0.15, 0.2) is 0 Å². The molecule has 0 spiro atoms. The van der Waals surface area contributed by atoms with Gasteiger partial charge in [-0.15, -0.1) is 12.4 Å². The Balaban J connectivity index is 0.